The highest BCUT2D eigenvalue weighted by molar-refractivity contribution is 5.94. The number of hydrogen-bond acceptors (Lipinski definition) is 1. The van der Waals surface area contributed by atoms with Crippen LogP contribution in [-0.4, -0.2) is 10.9 Å². The van der Waals surface area contributed by atoms with Gasteiger partial charge in [0.15, 0.2) is 0 Å². The van der Waals surface area contributed by atoms with Gasteiger partial charge in [0.25, 0.3) is 5.91 Å². The van der Waals surface area contributed by atoms with E-state index in [2.05, 4.69) is 16.4 Å². The Balaban J connectivity index is 1.99. The fourth-order valence-electron chi connectivity index (χ4n) is 1.83. The lowest BCUT2D eigenvalue weighted by Gasteiger charge is -2.04. The van der Waals surface area contributed by atoms with Crippen LogP contribution in [0.5, 0.6) is 0 Å². The number of carbonyl (C=O) groups excluding carboxylic acids is 1. The van der Waals surface area contributed by atoms with E-state index in [4.69, 9.17) is 0 Å². The van der Waals surface area contributed by atoms with Crippen LogP contribution in [0.4, 0.5) is 0 Å². The minimum Gasteiger partial charge on any atom is -0.362 e. The molecule has 0 saturated carbocycles. The Kier molecular flexibility index (Phi) is 3.28. The van der Waals surface area contributed by atoms with Crippen LogP contribution in [0.2, 0.25) is 0 Å². The number of carbonyl (C=O) groups is 1. The zero-order valence-electron chi connectivity index (χ0n) is 10.1. The highest BCUT2D eigenvalue weighted by Gasteiger charge is 2.06. The van der Waals surface area contributed by atoms with Crippen molar-refractivity contribution in [3.05, 3.63) is 58.9 Å². The second kappa shape index (κ2) is 4.87. The topological polar surface area (TPSA) is 44.9 Å². The summed E-state index contributed by atoms with van der Waals surface area (Å²) in [4.78, 5) is 15.0. The molecule has 1 heterocycles. The van der Waals surface area contributed by atoms with Gasteiger partial charge in [-0.3, -0.25) is 4.79 Å². The van der Waals surface area contributed by atoms with E-state index in [0.29, 0.717) is 12.1 Å². The zero-order valence-corrected chi connectivity index (χ0v) is 10.1. The summed E-state index contributed by atoms with van der Waals surface area (Å²) in [6, 6.07) is 11.3. The molecule has 3 heteroatoms. The molecule has 2 N–H and O–H groups in total. The number of nitrogens with one attached hydrogen (secondary N) is 2. The third kappa shape index (κ3) is 2.75. The number of amides is 1. The van der Waals surface area contributed by atoms with E-state index >= 15 is 0 Å². The van der Waals surface area contributed by atoms with Crippen molar-refractivity contribution in [2.75, 3.05) is 0 Å². The van der Waals surface area contributed by atoms with Crippen LogP contribution in [0.3, 0.4) is 0 Å². The molecule has 0 radical (unpaired) electrons. The SMILES string of the molecule is Cc1cc(CNC(=O)c2ccccc2)c(C)[nH]1. The highest BCUT2D eigenvalue weighted by Crippen LogP contribution is 2.09. The van der Waals surface area contributed by atoms with Crippen molar-refractivity contribution in [2.24, 2.45) is 0 Å². The molecular formula is C14H16N2O. The Hall–Kier alpha value is -2.03. The molecule has 0 unspecified atom stereocenters. The molecule has 0 bridgehead atoms. The van der Waals surface area contributed by atoms with E-state index < -0.39 is 0 Å². The fourth-order valence-corrected chi connectivity index (χ4v) is 1.83. The summed E-state index contributed by atoms with van der Waals surface area (Å²) in [7, 11) is 0. The molecule has 1 aromatic carbocycles. The van der Waals surface area contributed by atoms with E-state index in [1.165, 1.54) is 0 Å². The van der Waals surface area contributed by atoms with E-state index in [1.807, 2.05) is 44.2 Å². The Morgan fingerprint density at radius 3 is 2.53 bits per heavy atom. The van der Waals surface area contributed by atoms with Crippen LogP contribution in [0.25, 0.3) is 0 Å². The van der Waals surface area contributed by atoms with Gasteiger partial charge in [0.1, 0.15) is 0 Å². The van der Waals surface area contributed by atoms with Gasteiger partial charge in [0.05, 0.1) is 0 Å². The van der Waals surface area contributed by atoms with Crippen molar-refractivity contribution in [3.8, 4) is 0 Å². The van der Waals surface area contributed by atoms with Crippen molar-refractivity contribution in [2.45, 2.75) is 20.4 Å². The first kappa shape index (κ1) is 11.5. The van der Waals surface area contributed by atoms with Gasteiger partial charge >= 0.3 is 0 Å². The molecule has 17 heavy (non-hydrogen) atoms. The number of benzene rings is 1. The number of aromatic amines is 1. The normalized spacial score (nSPS) is 10.2. The summed E-state index contributed by atoms with van der Waals surface area (Å²) in [5.74, 6) is -0.0381. The second-order valence-electron chi connectivity index (χ2n) is 4.15. The quantitative estimate of drug-likeness (QED) is 0.833. The molecule has 0 aliphatic heterocycles. The van der Waals surface area contributed by atoms with Gasteiger partial charge < -0.3 is 10.3 Å². The van der Waals surface area contributed by atoms with Crippen LogP contribution in [-0.2, 0) is 6.54 Å². The van der Waals surface area contributed by atoms with Crippen LogP contribution in [0.15, 0.2) is 36.4 Å². The lowest BCUT2D eigenvalue weighted by Crippen LogP contribution is -2.22. The second-order valence-corrected chi connectivity index (χ2v) is 4.15. The lowest BCUT2D eigenvalue weighted by atomic mass is 10.2. The van der Waals surface area contributed by atoms with E-state index in [9.17, 15) is 4.79 Å². The maximum absolute atomic E-state index is 11.8. The Labute approximate surface area is 101 Å². The van der Waals surface area contributed by atoms with Gasteiger partial charge in [0.2, 0.25) is 0 Å². The van der Waals surface area contributed by atoms with Crippen molar-refractivity contribution in [1.82, 2.24) is 10.3 Å². The zero-order chi connectivity index (χ0) is 12.3. The monoisotopic (exact) mass is 228 g/mol. The molecule has 0 aliphatic rings. The molecule has 0 atom stereocenters. The smallest absolute Gasteiger partial charge is 0.251 e. The van der Waals surface area contributed by atoms with Crippen LogP contribution < -0.4 is 5.32 Å². The summed E-state index contributed by atoms with van der Waals surface area (Å²) in [6.07, 6.45) is 0. The molecule has 0 aliphatic carbocycles. The molecule has 0 fully saturated rings. The molecular weight excluding hydrogens is 212 g/mol. The molecule has 0 spiro atoms. The Morgan fingerprint density at radius 1 is 1.24 bits per heavy atom. The Bertz CT molecular complexity index is 514. The number of aromatic nitrogens is 1. The maximum atomic E-state index is 11.8. The number of aryl methyl sites for hydroxylation is 2. The molecule has 1 amide bonds. The standard InChI is InChI=1S/C14H16N2O/c1-10-8-13(11(2)16-10)9-15-14(17)12-6-4-3-5-7-12/h3-8,16H,9H2,1-2H3,(H,15,17). The number of rotatable bonds is 3. The third-order valence-corrected chi connectivity index (χ3v) is 2.73. The lowest BCUT2D eigenvalue weighted by molar-refractivity contribution is 0.0951. The van der Waals surface area contributed by atoms with Gasteiger partial charge in [-0.2, -0.15) is 0 Å². The fraction of sp³-hybridized carbons (Fsp3) is 0.214. The summed E-state index contributed by atoms with van der Waals surface area (Å²) in [5, 5.41) is 2.91. The van der Waals surface area contributed by atoms with Gasteiger partial charge in [0, 0.05) is 23.5 Å². The minimum absolute atomic E-state index is 0.0381. The van der Waals surface area contributed by atoms with E-state index in [0.717, 1.165) is 17.0 Å². The van der Waals surface area contributed by atoms with E-state index in [1.54, 1.807) is 0 Å². The molecule has 88 valence electrons. The van der Waals surface area contributed by atoms with Gasteiger partial charge in [-0.05, 0) is 37.6 Å². The van der Waals surface area contributed by atoms with Crippen molar-refractivity contribution >= 4 is 5.91 Å². The minimum atomic E-state index is -0.0381. The highest BCUT2D eigenvalue weighted by atomic mass is 16.1. The number of hydrogen-bond donors (Lipinski definition) is 2. The average molecular weight is 228 g/mol. The van der Waals surface area contributed by atoms with Crippen LogP contribution >= 0.6 is 0 Å². The molecule has 0 saturated heterocycles. The van der Waals surface area contributed by atoms with Crippen molar-refractivity contribution < 1.29 is 4.79 Å². The predicted molar refractivity (Wildman–Crippen MR) is 67.9 cm³/mol. The van der Waals surface area contributed by atoms with Gasteiger partial charge in [-0.15, -0.1) is 0 Å². The Morgan fingerprint density at radius 2 is 1.94 bits per heavy atom. The summed E-state index contributed by atoms with van der Waals surface area (Å²) in [6.45, 7) is 4.58. The first-order chi connectivity index (χ1) is 8.16. The van der Waals surface area contributed by atoms with E-state index in [-0.39, 0.29) is 5.91 Å². The number of H-pyrrole nitrogens is 1. The largest absolute Gasteiger partial charge is 0.362 e. The van der Waals surface area contributed by atoms with Crippen molar-refractivity contribution in [1.29, 1.82) is 0 Å². The molecule has 2 aromatic rings. The van der Waals surface area contributed by atoms with Crippen LogP contribution in [0, 0.1) is 13.8 Å². The predicted octanol–water partition coefficient (Wildman–Crippen LogP) is 2.56. The molecule has 2 rings (SSSR count). The van der Waals surface area contributed by atoms with Gasteiger partial charge in [-0.1, -0.05) is 18.2 Å². The first-order valence-electron chi connectivity index (χ1n) is 5.65. The summed E-state index contributed by atoms with van der Waals surface area (Å²) < 4.78 is 0. The molecule has 3 nitrogen and oxygen atoms in total. The van der Waals surface area contributed by atoms with Crippen LogP contribution in [0.1, 0.15) is 27.3 Å². The maximum Gasteiger partial charge on any atom is 0.251 e. The average Bonchev–Trinajstić information content (AvgIpc) is 2.66. The van der Waals surface area contributed by atoms with Gasteiger partial charge in [-0.25, -0.2) is 0 Å². The summed E-state index contributed by atoms with van der Waals surface area (Å²) >= 11 is 0. The van der Waals surface area contributed by atoms with Crippen molar-refractivity contribution in [3.63, 3.8) is 0 Å². The first-order valence-corrected chi connectivity index (χ1v) is 5.65. The summed E-state index contributed by atoms with van der Waals surface area (Å²) in [5.41, 5.74) is 4.05. The third-order valence-electron chi connectivity index (χ3n) is 2.73. The molecule has 1 aromatic heterocycles.